The Hall–Kier alpha value is -2.66. The topological polar surface area (TPSA) is 83.8 Å². The van der Waals surface area contributed by atoms with Crippen molar-refractivity contribution in [3.05, 3.63) is 64.7 Å². The molecule has 3 aromatic rings. The molecule has 5 nitrogen and oxygen atoms in total. The van der Waals surface area contributed by atoms with Crippen molar-refractivity contribution in [3.8, 4) is 0 Å². The third kappa shape index (κ3) is 3.96. The highest BCUT2D eigenvalue weighted by molar-refractivity contribution is 5.92. The second kappa shape index (κ2) is 8.10. The molecule has 0 aliphatic carbocycles. The number of benzene rings is 1. The summed E-state index contributed by atoms with van der Waals surface area (Å²) in [7, 11) is 0. The summed E-state index contributed by atoms with van der Waals surface area (Å²) in [6.07, 6.45) is 2.31. The van der Waals surface area contributed by atoms with E-state index >= 15 is 0 Å². The van der Waals surface area contributed by atoms with Crippen LogP contribution in [-0.4, -0.2) is 16.5 Å². The Bertz CT molecular complexity index is 812. The third-order valence-electron chi connectivity index (χ3n) is 3.24. The molecule has 0 spiro atoms. The Kier molecular flexibility index (Phi) is 5.88. The van der Waals surface area contributed by atoms with E-state index in [2.05, 4.69) is 15.3 Å². The fraction of sp³-hybridized carbons (Fsp3) is 0.222. The first kappa shape index (κ1) is 16.7. The average molecular weight is 310 g/mol. The molecular weight excluding hydrogens is 288 g/mol. The van der Waals surface area contributed by atoms with Gasteiger partial charge in [0, 0.05) is 24.0 Å². The zero-order valence-corrected chi connectivity index (χ0v) is 13.5. The van der Waals surface area contributed by atoms with E-state index in [1.807, 2.05) is 56.3 Å². The molecule has 23 heavy (non-hydrogen) atoms. The van der Waals surface area contributed by atoms with Crippen LogP contribution in [0, 0.1) is 0 Å². The van der Waals surface area contributed by atoms with Crippen LogP contribution in [0.15, 0.2) is 53.5 Å². The van der Waals surface area contributed by atoms with Gasteiger partial charge in [0.25, 0.3) is 5.56 Å². The zero-order chi connectivity index (χ0) is 16.7. The van der Waals surface area contributed by atoms with Crippen LogP contribution < -0.4 is 16.6 Å². The Balaban J connectivity index is 0.000000924. The molecule has 0 bridgehead atoms. The highest BCUT2D eigenvalue weighted by Crippen LogP contribution is 2.22. The molecule has 1 aromatic carbocycles. The van der Waals surface area contributed by atoms with Crippen molar-refractivity contribution in [3.63, 3.8) is 0 Å². The van der Waals surface area contributed by atoms with Gasteiger partial charge in [-0.05, 0) is 36.2 Å². The number of rotatable bonds is 4. The molecular formula is C18H22N4O. The minimum absolute atomic E-state index is 0.155. The van der Waals surface area contributed by atoms with Gasteiger partial charge in [0.05, 0.1) is 5.39 Å². The van der Waals surface area contributed by atoms with Crippen LogP contribution in [0.3, 0.4) is 0 Å². The minimum atomic E-state index is -0.155. The lowest BCUT2D eigenvalue weighted by atomic mass is 10.1. The lowest BCUT2D eigenvalue weighted by molar-refractivity contribution is 0.928. The number of H-pyrrole nitrogens is 1. The highest BCUT2D eigenvalue weighted by Gasteiger charge is 2.09. The van der Waals surface area contributed by atoms with E-state index in [9.17, 15) is 4.79 Å². The standard InChI is InChI=1S/C16H16N4O.C2H6/c17-8-6-13-10-11-7-9-18-16(21)14(11)15(20-13)19-12-4-2-1-3-5-12;1-2/h1-5,7,9-10H,6,8,17H2,(H,18,21)(H,19,20);1-2H3. The molecule has 3 rings (SSSR count). The summed E-state index contributed by atoms with van der Waals surface area (Å²) in [5, 5.41) is 4.63. The van der Waals surface area contributed by atoms with Crippen molar-refractivity contribution in [2.45, 2.75) is 20.3 Å². The number of aromatic nitrogens is 2. The number of aromatic amines is 1. The summed E-state index contributed by atoms with van der Waals surface area (Å²) in [4.78, 5) is 19.3. The first-order valence-corrected chi connectivity index (χ1v) is 7.81. The van der Waals surface area contributed by atoms with Gasteiger partial charge in [0.15, 0.2) is 0 Å². The van der Waals surface area contributed by atoms with Crippen LogP contribution in [0.4, 0.5) is 11.5 Å². The van der Waals surface area contributed by atoms with E-state index in [0.717, 1.165) is 16.8 Å². The molecule has 5 heteroatoms. The fourth-order valence-electron chi connectivity index (χ4n) is 2.29. The number of anilines is 2. The summed E-state index contributed by atoms with van der Waals surface area (Å²) >= 11 is 0. The first-order chi connectivity index (χ1) is 11.3. The van der Waals surface area contributed by atoms with Crippen LogP contribution >= 0.6 is 0 Å². The molecule has 0 saturated heterocycles. The molecule has 2 heterocycles. The van der Waals surface area contributed by atoms with Gasteiger partial charge in [0.1, 0.15) is 5.82 Å². The molecule has 120 valence electrons. The molecule has 0 saturated carbocycles. The average Bonchev–Trinajstić information content (AvgIpc) is 2.58. The Morgan fingerprint density at radius 2 is 1.91 bits per heavy atom. The molecule has 0 radical (unpaired) electrons. The van der Waals surface area contributed by atoms with Crippen LogP contribution in [-0.2, 0) is 6.42 Å². The van der Waals surface area contributed by atoms with Crippen molar-refractivity contribution < 1.29 is 0 Å². The van der Waals surface area contributed by atoms with Gasteiger partial charge in [0.2, 0.25) is 0 Å². The van der Waals surface area contributed by atoms with Crippen molar-refractivity contribution in [2.24, 2.45) is 5.73 Å². The van der Waals surface area contributed by atoms with Gasteiger partial charge in [-0.1, -0.05) is 32.0 Å². The monoisotopic (exact) mass is 310 g/mol. The maximum Gasteiger partial charge on any atom is 0.259 e. The quantitative estimate of drug-likeness (QED) is 0.691. The molecule has 0 aliphatic heterocycles. The van der Waals surface area contributed by atoms with Gasteiger partial charge in [-0.2, -0.15) is 0 Å². The van der Waals surface area contributed by atoms with Crippen molar-refractivity contribution in [1.29, 1.82) is 0 Å². The van der Waals surface area contributed by atoms with Crippen molar-refractivity contribution >= 4 is 22.3 Å². The van der Waals surface area contributed by atoms with Gasteiger partial charge < -0.3 is 16.0 Å². The largest absolute Gasteiger partial charge is 0.340 e. The predicted octanol–water partition coefficient (Wildman–Crippen LogP) is 3.19. The summed E-state index contributed by atoms with van der Waals surface area (Å²) in [5.41, 5.74) is 7.21. The van der Waals surface area contributed by atoms with Gasteiger partial charge in [-0.25, -0.2) is 4.98 Å². The SMILES string of the molecule is CC.NCCc1cc2cc[nH]c(=O)c2c(Nc2ccccc2)n1. The van der Waals surface area contributed by atoms with E-state index in [1.54, 1.807) is 6.20 Å². The van der Waals surface area contributed by atoms with Crippen molar-refractivity contribution in [2.75, 3.05) is 11.9 Å². The molecule has 0 unspecified atom stereocenters. The summed E-state index contributed by atoms with van der Waals surface area (Å²) in [6.45, 7) is 4.52. The van der Waals surface area contributed by atoms with Crippen molar-refractivity contribution in [1.82, 2.24) is 9.97 Å². The van der Waals surface area contributed by atoms with Gasteiger partial charge >= 0.3 is 0 Å². The Morgan fingerprint density at radius 1 is 1.17 bits per heavy atom. The number of hydrogen-bond donors (Lipinski definition) is 3. The van der Waals surface area contributed by atoms with E-state index in [-0.39, 0.29) is 5.56 Å². The maximum absolute atomic E-state index is 12.1. The molecule has 0 aliphatic rings. The third-order valence-corrected chi connectivity index (χ3v) is 3.24. The Labute approximate surface area is 135 Å². The minimum Gasteiger partial charge on any atom is -0.340 e. The van der Waals surface area contributed by atoms with E-state index in [1.165, 1.54) is 0 Å². The van der Waals surface area contributed by atoms with Gasteiger partial charge in [-0.3, -0.25) is 4.79 Å². The molecule has 0 fully saturated rings. The number of hydrogen-bond acceptors (Lipinski definition) is 4. The smallest absolute Gasteiger partial charge is 0.259 e. The second-order valence-electron chi connectivity index (χ2n) is 4.76. The number of fused-ring (bicyclic) bond motifs is 1. The van der Waals surface area contributed by atoms with E-state index in [4.69, 9.17) is 5.73 Å². The molecule has 2 aromatic heterocycles. The summed E-state index contributed by atoms with van der Waals surface area (Å²) < 4.78 is 0. The lowest BCUT2D eigenvalue weighted by Gasteiger charge is -2.10. The predicted molar refractivity (Wildman–Crippen MR) is 96.2 cm³/mol. The fourth-order valence-corrected chi connectivity index (χ4v) is 2.29. The first-order valence-electron chi connectivity index (χ1n) is 7.81. The van der Waals surface area contributed by atoms with Crippen LogP contribution in [0.5, 0.6) is 0 Å². The Morgan fingerprint density at radius 3 is 2.61 bits per heavy atom. The number of pyridine rings is 2. The van der Waals surface area contributed by atoms with Gasteiger partial charge in [-0.15, -0.1) is 0 Å². The second-order valence-corrected chi connectivity index (χ2v) is 4.76. The summed E-state index contributed by atoms with van der Waals surface area (Å²) in [6, 6.07) is 13.4. The van der Waals surface area contributed by atoms with Crippen LogP contribution in [0.25, 0.3) is 10.8 Å². The number of para-hydroxylation sites is 1. The van der Waals surface area contributed by atoms with Crippen LogP contribution in [0.1, 0.15) is 19.5 Å². The number of nitrogens with one attached hydrogen (secondary N) is 2. The maximum atomic E-state index is 12.1. The molecule has 0 amide bonds. The van der Waals surface area contributed by atoms with E-state index < -0.39 is 0 Å². The zero-order valence-electron chi connectivity index (χ0n) is 13.5. The molecule has 0 atom stereocenters. The van der Waals surface area contributed by atoms with E-state index in [0.29, 0.717) is 24.2 Å². The number of nitrogens with zero attached hydrogens (tertiary/aromatic N) is 1. The normalized spacial score (nSPS) is 10.0. The molecule has 4 N–H and O–H groups in total. The lowest BCUT2D eigenvalue weighted by Crippen LogP contribution is -2.11. The number of nitrogens with two attached hydrogens (primary N) is 1. The van der Waals surface area contributed by atoms with Crippen LogP contribution in [0.2, 0.25) is 0 Å². The summed E-state index contributed by atoms with van der Waals surface area (Å²) in [5.74, 6) is 0.559. The highest BCUT2D eigenvalue weighted by atomic mass is 16.1.